The first-order valence-corrected chi connectivity index (χ1v) is 9.43. The first-order chi connectivity index (χ1) is 10.2. The number of nitrogens with zero attached hydrogens (tertiary/aromatic N) is 2. The summed E-state index contributed by atoms with van der Waals surface area (Å²) in [7, 11) is 0. The molecule has 0 aromatic carbocycles. The van der Waals surface area contributed by atoms with E-state index in [1.165, 1.54) is 30.7 Å². The van der Waals surface area contributed by atoms with Gasteiger partial charge in [0.05, 0.1) is 5.01 Å². The van der Waals surface area contributed by atoms with Crippen LogP contribution in [-0.4, -0.2) is 41.1 Å². The van der Waals surface area contributed by atoms with Crippen molar-refractivity contribution >= 4 is 11.3 Å². The fourth-order valence-electron chi connectivity index (χ4n) is 4.10. The van der Waals surface area contributed by atoms with Gasteiger partial charge in [0.25, 0.3) is 0 Å². The van der Waals surface area contributed by atoms with E-state index in [0.717, 1.165) is 31.7 Å². The second-order valence-corrected chi connectivity index (χ2v) is 7.12. The van der Waals surface area contributed by atoms with E-state index in [1.807, 2.05) is 11.3 Å². The Morgan fingerprint density at radius 2 is 1.95 bits per heavy atom. The number of nitrogens with one attached hydrogen (secondary N) is 1. The van der Waals surface area contributed by atoms with Crippen molar-refractivity contribution in [3.05, 3.63) is 16.1 Å². The molecule has 1 heterocycles. The van der Waals surface area contributed by atoms with Crippen LogP contribution in [0.2, 0.25) is 0 Å². The monoisotopic (exact) mass is 309 g/mol. The van der Waals surface area contributed by atoms with E-state index in [4.69, 9.17) is 4.98 Å². The van der Waals surface area contributed by atoms with Crippen molar-refractivity contribution in [3.63, 3.8) is 0 Å². The van der Waals surface area contributed by atoms with Crippen molar-refractivity contribution in [2.45, 2.75) is 71.4 Å². The molecule has 1 atom stereocenters. The van der Waals surface area contributed by atoms with Gasteiger partial charge in [0, 0.05) is 29.1 Å². The molecule has 3 nitrogen and oxygen atoms in total. The summed E-state index contributed by atoms with van der Waals surface area (Å²) in [5.41, 5.74) is 1.49. The van der Waals surface area contributed by atoms with Crippen LogP contribution in [0.1, 0.15) is 57.2 Å². The highest BCUT2D eigenvalue weighted by Crippen LogP contribution is 2.39. The molecule has 1 aliphatic carbocycles. The smallest absolute Gasteiger partial charge is 0.0944 e. The van der Waals surface area contributed by atoms with Crippen molar-refractivity contribution in [1.29, 1.82) is 0 Å². The van der Waals surface area contributed by atoms with Crippen LogP contribution in [-0.2, 0) is 6.42 Å². The van der Waals surface area contributed by atoms with Crippen LogP contribution < -0.4 is 5.32 Å². The number of hydrogen-bond donors (Lipinski definition) is 1. The van der Waals surface area contributed by atoms with E-state index < -0.39 is 0 Å². The van der Waals surface area contributed by atoms with E-state index >= 15 is 0 Å². The zero-order valence-corrected chi connectivity index (χ0v) is 14.9. The molecule has 1 N–H and O–H groups in total. The quantitative estimate of drug-likeness (QED) is 0.795. The van der Waals surface area contributed by atoms with Crippen LogP contribution in [0.25, 0.3) is 0 Å². The molecule has 120 valence electrons. The lowest BCUT2D eigenvalue weighted by atomic mass is 9.84. The lowest BCUT2D eigenvalue weighted by molar-refractivity contribution is 0.0635. The first kappa shape index (κ1) is 16.9. The average Bonchev–Trinajstić information content (AvgIpc) is 3.10. The van der Waals surface area contributed by atoms with E-state index in [2.05, 4.69) is 43.3 Å². The summed E-state index contributed by atoms with van der Waals surface area (Å²) in [6.07, 6.45) is 6.47. The Balaban J connectivity index is 2.23. The molecule has 0 radical (unpaired) electrons. The molecular formula is C17H31N3S. The second-order valence-electron chi connectivity index (χ2n) is 6.18. The van der Waals surface area contributed by atoms with Crippen molar-refractivity contribution in [2.24, 2.45) is 0 Å². The number of likely N-dealkylation sites (N-methyl/N-ethyl adjacent to an activating group) is 2. The Kier molecular flexibility index (Phi) is 6.20. The van der Waals surface area contributed by atoms with E-state index in [-0.39, 0.29) is 0 Å². The van der Waals surface area contributed by atoms with E-state index in [0.29, 0.717) is 11.6 Å². The van der Waals surface area contributed by atoms with Gasteiger partial charge in [0.2, 0.25) is 0 Å². The third kappa shape index (κ3) is 3.66. The molecule has 0 amide bonds. The first-order valence-electron chi connectivity index (χ1n) is 8.55. The molecule has 0 bridgehead atoms. The van der Waals surface area contributed by atoms with Gasteiger partial charge in [0.15, 0.2) is 0 Å². The maximum Gasteiger partial charge on any atom is 0.0944 e. The van der Waals surface area contributed by atoms with Crippen LogP contribution in [0.4, 0.5) is 0 Å². The Hall–Kier alpha value is -0.450. The largest absolute Gasteiger partial charge is 0.312 e. The SMILES string of the molecule is CCNC(Cc1nc(C)cs1)C1(N(CC)CC)CCCC1. The van der Waals surface area contributed by atoms with Gasteiger partial charge in [-0.15, -0.1) is 11.3 Å². The van der Waals surface area contributed by atoms with Crippen molar-refractivity contribution in [3.8, 4) is 0 Å². The minimum absolute atomic E-state index is 0.332. The predicted octanol–water partition coefficient (Wildman–Crippen LogP) is 3.63. The van der Waals surface area contributed by atoms with Gasteiger partial charge in [-0.2, -0.15) is 0 Å². The minimum Gasteiger partial charge on any atom is -0.312 e. The van der Waals surface area contributed by atoms with Gasteiger partial charge in [-0.1, -0.05) is 33.6 Å². The number of hydrogen-bond acceptors (Lipinski definition) is 4. The Morgan fingerprint density at radius 3 is 2.43 bits per heavy atom. The normalized spacial score (nSPS) is 19.3. The van der Waals surface area contributed by atoms with Crippen LogP contribution in [0.3, 0.4) is 0 Å². The van der Waals surface area contributed by atoms with Crippen LogP contribution in [0.5, 0.6) is 0 Å². The maximum absolute atomic E-state index is 4.71. The Morgan fingerprint density at radius 1 is 1.29 bits per heavy atom. The summed E-state index contributed by atoms with van der Waals surface area (Å²) < 4.78 is 0. The highest BCUT2D eigenvalue weighted by Gasteiger charge is 2.44. The molecule has 1 aliphatic rings. The summed E-state index contributed by atoms with van der Waals surface area (Å²) in [6, 6.07) is 0.524. The zero-order chi connectivity index (χ0) is 15.3. The molecule has 0 spiro atoms. The van der Waals surface area contributed by atoms with Gasteiger partial charge in [-0.3, -0.25) is 4.90 Å². The third-order valence-corrected chi connectivity index (χ3v) is 6.00. The van der Waals surface area contributed by atoms with Crippen LogP contribution in [0, 0.1) is 6.92 Å². The Labute approximate surface area is 134 Å². The molecule has 21 heavy (non-hydrogen) atoms. The van der Waals surface area contributed by atoms with Crippen molar-refractivity contribution in [1.82, 2.24) is 15.2 Å². The third-order valence-electron chi connectivity index (χ3n) is 5.01. The lowest BCUT2D eigenvalue weighted by Crippen LogP contribution is -2.60. The van der Waals surface area contributed by atoms with E-state index in [1.54, 1.807) is 0 Å². The molecular weight excluding hydrogens is 278 g/mol. The Bertz CT molecular complexity index is 419. The van der Waals surface area contributed by atoms with Crippen LogP contribution in [0.15, 0.2) is 5.38 Å². The van der Waals surface area contributed by atoms with Crippen LogP contribution >= 0.6 is 11.3 Å². The van der Waals surface area contributed by atoms with Crippen molar-refractivity contribution in [2.75, 3.05) is 19.6 Å². The predicted molar refractivity (Wildman–Crippen MR) is 92.1 cm³/mol. The van der Waals surface area contributed by atoms with Gasteiger partial charge in [-0.25, -0.2) is 4.98 Å². The summed E-state index contributed by atoms with van der Waals surface area (Å²) in [5, 5.41) is 7.26. The molecule has 1 aromatic rings. The molecule has 4 heteroatoms. The summed E-state index contributed by atoms with van der Waals surface area (Å²) in [6.45, 7) is 12.3. The zero-order valence-electron chi connectivity index (χ0n) is 14.1. The average molecular weight is 310 g/mol. The maximum atomic E-state index is 4.71. The topological polar surface area (TPSA) is 28.2 Å². The molecule has 0 aliphatic heterocycles. The highest BCUT2D eigenvalue weighted by atomic mass is 32.1. The summed E-state index contributed by atoms with van der Waals surface area (Å²) >= 11 is 1.82. The van der Waals surface area contributed by atoms with E-state index in [9.17, 15) is 0 Å². The highest BCUT2D eigenvalue weighted by molar-refractivity contribution is 7.09. The molecule has 1 unspecified atom stereocenters. The van der Waals surface area contributed by atoms with Gasteiger partial charge in [-0.05, 0) is 39.4 Å². The molecule has 1 fully saturated rings. The fourth-order valence-corrected chi connectivity index (χ4v) is 4.91. The lowest BCUT2D eigenvalue weighted by Gasteiger charge is -2.46. The number of thiazole rings is 1. The van der Waals surface area contributed by atoms with Crippen molar-refractivity contribution < 1.29 is 0 Å². The number of rotatable bonds is 8. The molecule has 2 rings (SSSR count). The number of aryl methyl sites for hydroxylation is 1. The summed E-state index contributed by atoms with van der Waals surface area (Å²) in [5.74, 6) is 0. The van der Waals surface area contributed by atoms with Gasteiger partial charge in [0.1, 0.15) is 0 Å². The molecule has 0 saturated heterocycles. The molecule has 1 saturated carbocycles. The minimum atomic E-state index is 0.332. The second kappa shape index (κ2) is 7.70. The standard InChI is InChI=1S/C17H31N3S/c1-5-18-15(12-16-19-14(4)13-21-16)17(10-8-9-11-17)20(6-2)7-3/h13,15,18H,5-12H2,1-4H3. The fraction of sp³-hybridized carbons (Fsp3) is 0.824. The van der Waals surface area contributed by atoms with Gasteiger partial charge >= 0.3 is 0 Å². The van der Waals surface area contributed by atoms with Gasteiger partial charge < -0.3 is 5.32 Å². The number of aromatic nitrogens is 1. The summed E-state index contributed by atoms with van der Waals surface area (Å²) in [4.78, 5) is 7.41. The molecule has 1 aromatic heterocycles.